The lowest BCUT2D eigenvalue weighted by atomic mass is 9.93. The molecule has 0 saturated heterocycles. The van der Waals surface area contributed by atoms with Crippen LogP contribution >= 0.6 is 0 Å². The molecule has 0 aromatic heterocycles. The van der Waals surface area contributed by atoms with Crippen LogP contribution in [0.1, 0.15) is 31.4 Å². The van der Waals surface area contributed by atoms with Crippen molar-refractivity contribution in [2.45, 2.75) is 39.5 Å². The van der Waals surface area contributed by atoms with Crippen molar-refractivity contribution in [2.75, 3.05) is 27.9 Å². The summed E-state index contributed by atoms with van der Waals surface area (Å²) in [6.45, 7) is 6.73. The molecule has 1 unspecified atom stereocenters. The zero-order chi connectivity index (χ0) is 19.4. The van der Waals surface area contributed by atoms with E-state index >= 15 is 0 Å². The number of rotatable bonds is 4. The lowest BCUT2D eigenvalue weighted by molar-refractivity contribution is 0.0485. The van der Waals surface area contributed by atoms with E-state index in [1.54, 1.807) is 14.2 Å². The summed E-state index contributed by atoms with van der Waals surface area (Å²) >= 11 is 0. The van der Waals surface area contributed by atoms with Gasteiger partial charge in [0, 0.05) is 12.6 Å². The second-order valence-corrected chi connectivity index (χ2v) is 7.74. The fourth-order valence-electron chi connectivity index (χ4n) is 3.83. The molecule has 1 atom stereocenters. The van der Waals surface area contributed by atoms with E-state index in [9.17, 15) is 0 Å². The molecule has 4 heteroatoms. The molecule has 146 valence electrons. The largest absolute Gasteiger partial charge is 0.493 e. The van der Waals surface area contributed by atoms with E-state index < -0.39 is 0 Å². The van der Waals surface area contributed by atoms with Crippen molar-refractivity contribution in [3.05, 3.63) is 47.5 Å². The van der Waals surface area contributed by atoms with Gasteiger partial charge in [0.1, 0.15) is 0 Å². The molecule has 27 heavy (non-hydrogen) atoms. The van der Waals surface area contributed by atoms with E-state index in [1.165, 1.54) is 22.3 Å². The predicted octanol–water partition coefficient (Wildman–Crippen LogP) is 4.75. The fourth-order valence-corrected chi connectivity index (χ4v) is 3.83. The Bertz CT molecular complexity index is 772. The highest BCUT2D eigenvalue weighted by molar-refractivity contribution is 5.74. The summed E-state index contributed by atoms with van der Waals surface area (Å²) in [6, 6.07) is 13.1. The number of nitrogens with zero attached hydrogens (tertiary/aromatic N) is 1. The number of likely N-dealkylation sites (N-methyl/N-ethyl adjacent to an activating group) is 1. The van der Waals surface area contributed by atoms with Crippen molar-refractivity contribution in [3.8, 4) is 22.6 Å². The molecule has 0 fully saturated rings. The second kappa shape index (κ2) is 8.77. The van der Waals surface area contributed by atoms with Crippen LogP contribution in [0.15, 0.2) is 36.4 Å². The maximum absolute atomic E-state index is 6.14. The van der Waals surface area contributed by atoms with Crippen molar-refractivity contribution >= 4 is 0 Å². The van der Waals surface area contributed by atoms with Gasteiger partial charge in [-0.3, -0.25) is 4.90 Å². The Balaban J connectivity index is 2.11. The minimum atomic E-state index is 0.385. The van der Waals surface area contributed by atoms with Crippen LogP contribution in [0.5, 0.6) is 11.5 Å². The molecular weight excluding hydrogens is 338 g/mol. The maximum atomic E-state index is 6.14. The minimum absolute atomic E-state index is 0.385. The van der Waals surface area contributed by atoms with Crippen LogP contribution in [0.25, 0.3) is 11.1 Å². The summed E-state index contributed by atoms with van der Waals surface area (Å²) in [5.41, 5.74) is 4.84. The van der Waals surface area contributed by atoms with Crippen LogP contribution < -0.4 is 9.47 Å². The molecule has 2 aromatic rings. The highest BCUT2D eigenvalue weighted by Crippen LogP contribution is 2.38. The first-order valence-corrected chi connectivity index (χ1v) is 9.64. The first kappa shape index (κ1) is 19.7. The molecule has 1 heterocycles. The molecule has 0 amide bonds. The Morgan fingerprint density at radius 2 is 1.74 bits per heavy atom. The van der Waals surface area contributed by atoms with Crippen LogP contribution in [0, 0.1) is 5.92 Å². The number of fused-ring (bicyclic) bond motifs is 3. The van der Waals surface area contributed by atoms with E-state index in [1.807, 2.05) is 0 Å². The van der Waals surface area contributed by atoms with Crippen molar-refractivity contribution in [2.24, 2.45) is 5.92 Å². The normalized spacial score (nSPS) is 17.9. The molecule has 2 aromatic carbocycles. The van der Waals surface area contributed by atoms with Crippen LogP contribution in [-0.2, 0) is 17.9 Å². The number of ether oxygens (including phenoxy) is 3. The van der Waals surface area contributed by atoms with Gasteiger partial charge in [-0.15, -0.1) is 0 Å². The molecule has 0 bridgehead atoms. The Hall–Kier alpha value is -2.04. The molecule has 1 aliphatic heterocycles. The first-order valence-electron chi connectivity index (χ1n) is 9.64. The molecule has 0 spiro atoms. The van der Waals surface area contributed by atoms with Gasteiger partial charge in [-0.05, 0) is 53.8 Å². The highest BCUT2D eigenvalue weighted by atomic mass is 16.5. The smallest absolute Gasteiger partial charge is 0.161 e. The van der Waals surface area contributed by atoms with Gasteiger partial charge in [-0.1, -0.05) is 38.1 Å². The third-order valence-corrected chi connectivity index (χ3v) is 5.27. The van der Waals surface area contributed by atoms with E-state index in [2.05, 4.69) is 62.2 Å². The lowest BCUT2D eigenvalue weighted by Gasteiger charge is -2.31. The number of hydrogen-bond donors (Lipinski definition) is 0. The maximum Gasteiger partial charge on any atom is 0.161 e. The average Bonchev–Trinajstić information content (AvgIpc) is 2.66. The highest BCUT2D eigenvalue weighted by Gasteiger charge is 2.22. The Morgan fingerprint density at radius 3 is 2.44 bits per heavy atom. The summed E-state index contributed by atoms with van der Waals surface area (Å²) in [5, 5.41) is 0. The third kappa shape index (κ3) is 4.45. The summed E-state index contributed by atoms with van der Waals surface area (Å²) in [7, 11) is 5.56. The first-order chi connectivity index (χ1) is 13.0. The van der Waals surface area contributed by atoms with E-state index in [-0.39, 0.29) is 0 Å². The van der Waals surface area contributed by atoms with Gasteiger partial charge in [0.15, 0.2) is 11.5 Å². The molecule has 3 rings (SSSR count). The van der Waals surface area contributed by atoms with Crippen molar-refractivity contribution in [3.63, 3.8) is 0 Å². The monoisotopic (exact) mass is 369 g/mol. The quantitative estimate of drug-likeness (QED) is 0.778. The topological polar surface area (TPSA) is 30.9 Å². The van der Waals surface area contributed by atoms with Crippen molar-refractivity contribution in [1.82, 2.24) is 4.90 Å². The average molecular weight is 370 g/mol. The van der Waals surface area contributed by atoms with Gasteiger partial charge in [0.05, 0.1) is 27.4 Å². The van der Waals surface area contributed by atoms with E-state index in [4.69, 9.17) is 14.2 Å². The number of methoxy groups -OCH3 is 2. The SMILES string of the molecule is COc1cc2c(cc1OC)-c1ccccc1COCC(CC(C)C)N(C)C2. The van der Waals surface area contributed by atoms with Gasteiger partial charge >= 0.3 is 0 Å². The molecule has 4 nitrogen and oxygen atoms in total. The zero-order valence-corrected chi connectivity index (χ0v) is 17.1. The van der Waals surface area contributed by atoms with Gasteiger partial charge in [-0.2, -0.15) is 0 Å². The third-order valence-electron chi connectivity index (χ3n) is 5.27. The Kier molecular flexibility index (Phi) is 6.40. The van der Waals surface area contributed by atoms with Crippen LogP contribution in [0.3, 0.4) is 0 Å². The van der Waals surface area contributed by atoms with Gasteiger partial charge < -0.3 is 14.2 Å². The predicted molar refractivity (Wildman–Crippen MR) is 109 cm³/mol. The molecule has 0 N–H and O–H groups in total. The summed E-state index contributed by atoms with van der Waals surface area (Å²) < 4.78 is 17.3. The second-order valence-electron chi connectivity index (χ2n) is 7.74. The lowest BCUT2D eigenvalue weighted by Crippen LogP contribution is -2.36. The van der Waals surface area contributed by atoms with Gasteiger partial charge in [0.2, 0.25) is 0 Å². The van der Waals surface area contributed by atoms with Crippen molar-refractivity contribution < 1.29 is 14.2 Å². The number of benzene rings is 2. The van der Waals surface area contributed by atoms with Gasteiger partial charge in [0.25, 0.3) is 0 Å². The zero-order valence-electron chi connectivity index (χ0n) is 17.1. The van der Waals surface area contributed by atoms with Crippen LogP contribution in [0.4, 0.5) is 0 Å². The Morgan fingerprint density at radius 1 is 1.04 bits per heavy atom. The standard InChI is InChI=1S/C23H31NO3/c1-16(2)10-19-15-27-14-17-8-6-7-9-20(17)21-12-23(26-5)22(25-4)11-18(21)13-24(19)3/h6-9,11-12,16,19H,10,13-15H2,1-5H3. The summed E-state index contributed by atoms with van der Waals surface area (Å²) in [5.74, 6) is 2.16. The van der Waals surface area contributed by atoms with Gasteiger partial charge in [-0.25, -0.2) is 0 Å². The van der Waals surface area contributed by atoms with Crippen LogP contribution in [0.2, 0.25) is 0 Å². The summed E-state index contributed by atoms with van der Waals surface area (Å²) in [4.78, 5) is 2.40. The summed E-state index contributed by atoms with van der Waals surface area (Å²) in [6.07, 6.45) is 1.11. The Labute approximate surface area is 163 Å². The fraction of sp³-hybridized carbons (Fsp3) is 0.478. The van der Waals surface area contributed by atoms with Crippen molar-refractivity contribution in [1.29, 1.82) is 0 Å². The van der Waals surface area contributed by atoms with Crippen LogP contribution in [-0.4, -0.2) is 38.8 Å². The van der Waals surface area contributed by atoms with E-state index in [0.717, 1.165) is 31.1 Å². The van der Waals surface area contributed by atoms with E-state index in [0.29, 0.717) is 18.6 Å². The molecule has 0 aliphatic carbocycles. The molecule has 0 radical (unpaired) electrons. The molecule has 1 aliphatic rings. The molecular formula is C23H31NO3. The number of hydrogen-bond acceptors (Lipinski definition) is 4. The molecule has 0 saturated carbocycles. The minimum Gasteiger partial charge on any atom is -0.493 e.